The number of pyridine rings is 1. The van der Waals surface area contributed by atoms with E-state index in [2.05, 4.69) is 16.4 Å². The van der Waals surface area contributed by atoms with E-state index in [1.54, 1.807) is 12.1 Å². The van der Waals surface area contributed by atoms with Crippen molar-refractivity contribution >= 4 is 67.7 Å². The number of thiophene rings is 1. The molecule has 0 saturated heterocycles. The predicted molar refractivity (Wildman–Crippen MR) is 126 cm³/mol. The van der Waals surface area contributed by atoms with Gasteiger partial charge in [0.15, 0.2) is 0 Å². The monoisotopic (exact) mass is 475 g/mol. The Labute approximate surface area is 193 Å². The lowest BCUT2D eigenvalue weighted by atomic mass is 9.85. The summed E-state index contributed by atoms with van der Waals surface area (Å²) in [6, 6.07) is 7.18. The van der Waals surface area contributed by atoms with Crippen molar-refractivity contribution in [2.75, 3.05) is 12.4 Å². The minimum absolute atomic E-state index is 0.324. The lowest BCUT2D eigenvalue weighted by Gasteiger charge is -2.21. The Kier molecular flexibility index (Phi) is 6.46. The number of nitriles is 1. The fourth-order valence-electron chi connectivity index (χ4n) is 3.02. The number of hydrogen-bond donors (Lipinski definition) is 2. The number of nitrogens with one attached hydrogen (secondary N) is 1. The van der Waals surface area contributed by atoms with E-state index < -0.39 is 11.4 Å². The van der Waals surface area contributed by atoms with Crippen LogP contribution in [0.5, 0.6) is 5.75 Å². The second-order valence-electron chi connectivity index (χ2n) is 7.72. The minimum Gasteiger partial charge on any atom is -0.495 e. The van der Waals surface area contributed by atoms with Crippen LogP contribution in [-0.4, -0.2) is 23.2 Å². The molecule has 1 aromatic carbocycles. The van der Waals surface area contributed by atoms with Gasteiger partial charge in [-0.2, -0.15) is 5.26 Å². The molecule has 9 heteroatoms. The zero-order valence-electron chi connectivity index (χ0n) is 17.2. The van der Waals surface area contributed by atoms with Gasteiger partial charge in [0.25, 0.3) is 0 Å². The van der Waals surface area contributed by atoms with Crippen LogP contribution in [0.1, 0.15) is 31.2 Å². The molecule has 0 aliphatic rings. The van der Waals surface area contributed by atoms with Crippen molar-refractivity contribution in [2.24, 2.45) is 5.41 Å². The Morgan fingerprint density at radius 2 is 2.00 bits per heavy atom. The number of halogens is 2. The molecule has 3 rings (SSSR count). The van der Waals surface area contributed by atoms with Crippen molar-refractivity contribution in [3.05, 3.63) is 51.0 Å². The van der Waals surface area contributed by atoms with E-state index in [9.17, 15) is 15.2 Å². The van der Waals surface area contributed by atoms with E-state index in [1.807, 2.05) is 26.8 Å². The molecule has 0 spiro atoms. The van der Waals surface area contributed by atoms with Gasteiger partial charge in [-0.25, -0.2) is 4.79 Å². The lowest BCUT2D eigenvalue weighted by molar-refractivity contribution is -0.131. The molecular weight excluding hydrogens is 457 g/mol. The van der Waals surface area contributed by atoms with Crippen LogP contribution in [0.25, 0.3) is 15.8 Å². The largest absolute Gasteiger partial charge is 0.495 e. The number of rotatable bonds is 5. The van der Waals surface area contributed by atoms with Gasteiger partial charge in [-0.1, -0.05) is 44.0 Å². The van der Waals surface area contributed by atoms with Crippen molar-refractivity contribution in [1.82, 2.24) is 4.98 Å². The van der Waals surface area contributed by atoms with Crippen LogP contribution in [0.3, 0.4) is 0 Å². The fourth-order valence-corrected chi connectivity index (χ4v) is 4.87. The first-order valence-electron chi connectivity index (χ1n) is 9.13. The highest BCUT2D eigenvalue weighted by atomic mass is 35.5. The van der Waals surface area contributed by atoms with Gasteiger partial charge >= 0.3 is 5.97 Å². The van der Waals surface area contributed by atoms with Gasteiger partial charge in [0.1, 0.15) is 11.8 Å². The normalized spacial score (nSPS) is 12.0. The molecule has 0 unspecified atom stereocenters. The Hall–Kier alpha value is -2.79. The topological polar surface area (TPSA) is 95.2 Å². The molecule has 0 saturated carbocycles. The molecule has 2 aromatic heterocycles. The van der Waals surface area contributed by atoms with Gasteiger partial charge in [0.2, 0.25) is 0 Å². The summed E-state index contributed by atoms with van der Waals surface area (Å²) < 4.78 is 5.97. The molecule has 0 atom stereocenters. The second kappa shape index (κ2) is 8.75. The highest BCUT2D eigenvalue weighted by Gasteiger charge is 2.24. The number of aliphatic carboxylic acids is 1. The van der Waals surface area contributed by atoms with E-state index >= 15 is 0 Å². The van der Waals surface area contributed by atoms with Crippen LogP contribution in [-0.2, 0) is 4.79 Å². The van der Waals surface area contributed by atoms with Crippen molar-refractivity contribution in [2.45, 2.75) is 20.8 Å². The number of benzene rings is 1. The van der Waals surface area contributed by atoms with Crippen LogP contribution < -0.4 is 10.1 Å². The van der Waals surface area contributed by atoms with Gasteiger partial charge in [-0.3, -0.25) is 4.98 Å². The highest BCUT2D eigenvalue weighted by Crippen LogP contribution is 2.44. The number of fused-ring (bicyclic) bond motifs is 1. The van der Waals surface area contributed by atoms with Gasteiger partial charge in [0, 0.05) is 23.2 Å². The van der Waals surface area contributed by atoms with Crippen LogP contribution in [0.15, 0.2) is 30.5 Å². The van der Waals surface area contributed by atoms with Crippen LogP contribution in [0.4, 0.5) is 11.4 Å². The Balaban J connectivity index is 2.21. The molecule has 31 heavy (non-hydrogen) atoms. The number of ether oxygens (including phenoxy) is 1. The number of allylic oxidation sites excluding steroid dienone is 1. The standard InChI is InChI=1S/C22H19Cl2N3O3S/c1-22(2,3)12(5-19(28)29)18-8-16-21(31-18)20(11(9-25)10-26-16)27-15-7-17(30-4)14(24)6-13(15)23/h5-8,10H,1-4H3,(H,26,27)(H,28,29)/b12-5-. The third kappa shape index (κ3) is 4.77. The molecule has 3 aromatic rings. The van der Waals surface area contributed by atoms with Crippen molar-refractivity contribution < 1.29 is 14.6 Å². The molecule has 2 heterocycles. The molecule has 2 N–H and O–H groups in total. The van der Waals surface area contributed by atoms with Crippen molar-refractivity contribution in [1.29, 1.82) is 5.26 Å². The number of anilines is 2. The SMILES string of the molecule is COc1cc(Nc2c(C#N)cnc3cc(/C(=C/C(=O)O)C(C)(C)C)sc23)c(Cl)cc1Cl. The maximum Gasteiger partial charge on any atom is 0.328 e. The average Bonchev–Trinajstić information content (AvgIpc) is 3.11. The smallest absolute Gasteiger partial charge is 0.328 e. The molecule has 0 aliphatic heterocycles. The quantitative estimate of drug-likeness (QED) is 0.396. The summed E-state index contributed by atoms with van der Waals surface area (Å²) in [4.78, 5) is 16.5. The molecular formula is C22H19Cl2N3O3S. The van der Waals surface area contributed by atoms with E-state index in [1.165, 1.54) is 30.7 Å². The third-order valence-corrected chi connectivity index (χ3v) is 6.29. The number of carbonyl (C=O) groups is 1. The number of aromatic nitrogens is 1. The molecule has 160 valence electrons. The first-order valence-corrected chi connectivity index (χ1v) is 10.7. The number of hydrogen-bond acceptors (Lipinski definition) is 6. The highest BCUT2D eigenvalue weighted by molar-refractivity contribution is 7.20. The zero-order valence-corrected chi connectivity index (χ0v) is 19.5. The van der Waals surface area contributed by atoms with Gasteiger partial charge in [-0.15, -0.1) is 11.3 Å². The average molecular weight is 476 g/mol. The van der Waals surface area contributed by atoms with Gasteiger partial charge in [0.05, 0.1) is 44.3 Å². The molecule has 0 aliphatic carbocycles. The number of carboxylic acids is 1. The van der Waals surface area contributed by atoms with Gasteiger partial charge < -0.3 is 15.2 Å². The first kappa shape index (κ1) is 22.9. The first-order chi connectivity index (χ1) is 14.5. The Bertz CT molecular complexity index is 1250. The Morgan fingerprint density at radius 1 is 1.29 bits per heavy atom. The van der Waals surface area contributed by atoms with E-state index in [0.29, 0.717) is 48.5 Å². The summed E-state index contributed by atoms with van der Waals surface area (Å²) in [5.74, 6) is -0.588. The molecule has 6 nitrogen and oxygen atoms in total. The second-order valence-corrected chi connectivity index (χ2v) is 9.59. The van der Waals surface area contributed by atoms with Crippen LogP contribution >= 0.6 is 34.5 Å². The molecule has 0 amide bonds. The molecule has 0 fully saturated rings. The summed E-state index contributed by atoms with van der Waals surface area (Å²) in [7, 11) is 1.50. The molecule has 0 radical (unpaired) electrons. The summed E-state index contributed by atoms with van der Waals surface area (Å²) in [5, 5.41) is 22.9. The van der Waals surface area contributed by atoms with Crippen LogP contribution in [0.2, 0.25) is 10.0 Å². The number of nitrogens with zero attached hydrogens (tertiary/aromatic N) is 2. The van der Waals surface area contributed by atoms with E-state index in [0.717, 1.165) is 4.88 Å². The molecule has 0 bridgehead atoms. The van der Waals surface area contributed by atoms with Crippen LogP contribution in [0, 0.1) is 16.7 Å². The predicted octanol–water partition coefficient (Wildman–Crippen LogP) is 6.74. The zero-order chi connectivity index (χ0) is 22.9. The fraction of sp³-hybridized carbons (Fsp3) is 0.227. The van der Waals surface area contributed by atoms with Gasteiger partial charge in [-0.05, 0) is 23.1 Å². The lowest BCUT2D eigenvalue weighted by Crippen LogP contribution is -2.09. The maximum atomic E-state index is 11.4. The number of methoxy groups -OCH3 is 1. The summed E-state index contributed by atoms with van der Waals surface area (Å²) in [6.07, 6.45) is 2.68. The third-order valence-electron chi connectivity index (χ3n) is 4.50. The summed E-state index contributed by atoms with van der Waals surface area (Å²) >= 11 is 13.8. The summed E-state index contributed by atoms with van der Waals surface area (Å²) in [5.41, 5.74) is 2.26. The van der Waals surface area contributed by atoms with E-state index in [4.69, 9.17) is 27.9 Å². The maximum absolute atomic E-state index is 11.4. The Morgan fingerprint density at radius 3 is 2.58 bits per heavy atom. The van der Waals surface area contributed by atoms with E-state index in [-0.39, 0.29) is 0 Å². The minimum atomic E-state index is -1.02. The van der Waals surface area contributed by atoms with Crippen molar-refractivity contribution in [3.63, 3.8) is 0 Å². The number of carboxylic acid groups (broad SMARTS) is 1. The summed E-state index contributed by atoms with van der Waals surface area (Å²) in [6.45, 7) is 5.83. The van der Waals surface area contributed by atoms with Crippen molar-refractivity contribution in [3.8, 4) is 11.8 Å².